The van der Waals surface area contributed by atoms with Crippen LogP contribution in [0.25, 0.3) is 0 Å². The molecule has 0 radical (unpaired) electrons. The molecule has 1 nitrogen and oxygen atoms in total. The van der Waals surface area contributed by atoms with Gasteiger partial charge in [-0.15, -0.1) is 0 Å². The minimum absolute atomic E-state index is 0. The average molecular weight is 299 g/mol. The molecule has 0 heterocycles. The summed E-state index contributed by atoms with van der Waals surface area (Å²) in [6, 6.07) is 21.2. The number of quaternary nitrogens is 1. The molecule has 0 saturated heterocycles. The summed E-state index contributed by atoms with van der Waals surface area (Å²) < 4.78 is 0.880. The third-order valence-corrected chi connectivity index (χ3v) is 2.88. The summed E-state index contributed by atoms with van der Waals surface area (Å²) in [7, 11) is 4.48. The second-order valence-electron chi connectivity index (χ2n) is 4.66. The summed E-state index contributed by atoms with van der Waals surface area (Å²) in [5.74, 6) is 0. The minimum Gasteiger partial charge on any atom is -1.00 e. The van der Waals surface area contributed by atoms with E-state index < -0.39 is 0 Å². The van der Waals surface area contributed by atoms with E-state index in [2.05, 4.69) is 74.8 Å². The molecule has 0 aliphatic rings. The second-order valence-corrected chi connectivity index (χ2v) is 4.66. The molecule has 0 unspecified atom stereocenters. The standard InChI is InChI=1S/C15H18N.B.4FH/c1-16(2,15-11-7-4-8-12-15)13-14-9-5-3-6-10-14;;;;;/h3-12H,13H2,1-2H3;;4*1H/q+1;+3;;;;/p-4. The number of para-hydroxylation sites is 1. The maximum absolute atomic E-state index is 2.24. The number of nitrogens with zero attached hydrogens (tertiary/aromatic N) is 1. The van der Waals surface area contributed by atoms with Crippen LogP contribution < -0.4 is 23.3 Å². The quantitative estimate of drug-likeness (QED) is 0.300. The van der Waals surface area contributed by atoms with Crippen LogP contribution >= 0.6 is 0 Å². The number of benzene rings is 2. The predicted molar refractivity (Wildman–Crippen MR) is 76.0 cm³/mol. The van der Waals surface area contributed by atoms with Gasteiger partial charge in [0.1, 0.15) is 12.2 Å². The Morgan fingerprint density at radius 3 is 1.48 bits per heavy atom. The predicted octanol–water partition coefficient (Wildman–Crippen LogP) is -8.91. The summed E-state index contributed by atoms with van der Waals surface area (Å²) in [6.07, 6.45) is 0. The van der Waals surface area contributed by atoms with Gasteiger partial charge in [-0.3, -0.25) is 4.48 Å². The van der Waals surface area contributed by atoms with Crippen LogP contribution in [0.15, 0.2) is 60.7 Å². The summed E-state index contributed by atoms with van der Waals surface area (Å²) in [6.45, 7) is 1.02. The van der Waals surface area contributed by atoms with Crippen LogP contribution in [0.5, 0.6) is 0 Å². The molecule has 2 aromatic rings. The van der Waals surface area contributed by atoms with E-state index in [1.54, 1.807) is 0 Å². The first kappa shape index (κ1) is 27.5. The van der Waals surface area contributed by atoms with Crippen LogP contribution in [-0.2, 0) is 6.54 Å². The zero-order valence-electron chi connectivity index (χ0n) is 12.0. The van der Waals surface area contributed by atoms with Crippen molar-refractivity contribution in [2.45, 2.75) is 6.54 Å². The Kier molecular flexibility index (Phi) is 15.7. The smallest absolute Gasteiger partial charge is 1.00 e. The molecule has 0 aliphatic carbocycles. The largest absolute Gasteiger partial charge is 3.00 e. The topological polar surface area (TPSA) is 0 Å². The van der Waals surface area contributed by atoms with Gasteiger partial charge in [0.05, 0.1) is 14.1 Å². The van der Waals surface area contributed by atoms with E-state index in [0.717, 1.165) is 11.0 Å². The van der Waals surface area contributed by atoms with Gasteiger partial charge in [-0.1, -0.05) is 48.5 Å². The monoisotopic (exact) mass is 299 g/mol. The molecule has 0 N–H and O–H groups in total. The van der Waals surface area contributed by atoms with E-state index in [9.17, 15) is 0 Å². The average Bonchev–Trinajstić information content (AvgIpc) is 2.31. The van der Waals surface area contributed by atoms with Gasteiger partial charge in [0.25, 0.3) is 0 Å². The van der Waals surface area contributed by atoms with Crippen LogP contribution in [0.3, 0.4) is 0 Å². The summed E-state index contributed by atoms with van der Waals surface area (Å²) in [5, 5.41) is 0. The van der Waals surface area contributed by atoms with Crippen LogP contribution in [0.1, 0.15) is 5.56 Å². The second kappa shape index (κ2) is 12.0. The molecule has 0 bridgehead atoms. The van der Waals surface area contributed by atoms with Crippen molar-refractivity contribution in [3.63, 3.8) is 0 Å². The first-order valence-corrected chi connectivity index (χ1v) is 5.61. The molecule has 0 aliphatic heterocycles. The molecule has 114 valence electrons. The van der Waals surface area contributed by atoms with E-state index in [0.29, 0.717) is 0 Å². The van der Waals surface area contributed by atoms with Crippen molar-refractivity contribution < 1.29 is 18.8 Å². The van der Waals surface area contributed by atoms with Gasteiger partial charge in [0.2, 0.25) is 0 Å². The maximum Gasteiger partial charge on any atom is 3.00 e. The van der Waals surface area contributed by atoms with Gasteiger partial charge in [0.15, 0.2) is 0 Å². The van der Waals surface area contributed by atoms with Gasteiger partial charge >= 0.3 is 8.41 Å². The van der Waals surface area contributed by atoms with Crippen LogP contribution in [0.4, 0.5) is 5.69 Å². The molecule has 2 aromatic carbocycles. The van der Waals surface area contributed by atoms with Crippen LogP contribution in [-0.4, -0.2) is 22.5 Å². The summed E-state index contributed by atoms with van der Waals surface area (Å²) in [4.78, 5) is 0. The Hall–Kier alpha value is -1.82. The van der Waals surface area contributed by atoms with E-state index in [-0.39, 0.29) is 27.2 Å². The molecule has 21 heavy (non-hydrogen) atoms. The molecular weight excluding hydrogens is 281 g/mol. The fourth-order valence-electron chi connectivity index (χ4n) is 1.96. The fraction of sp³-hybridized carbons (Fsp3) is 0.200. The van der Waals surface area contributed by atoms with Gasteiger partial charge in [-0.05, 0) is 12.1 Å². The van der Waals surface area contributed by atoms with E-state index in [1.165, 1.54) is 11.3 Å². The molecule has 6 heteroatoms. The number of hydrogen-bond acceptors (Lipinski definition) is 0. The van der Waals surface area contributed by atoms with Crippen molar-refractivity contribution in [1.29, 1.82) is 0 Å². The van der Waals surface area contributed by atoms with Crippen molar-refractivity contribution in [1.82, 2.24) is 4.48 Å². The summed E-state index contributed by atoms with van der Waals surface area (Å²) in [5.41, 5.74) is 2.71. The first-order valence-electron chi connectivity index (χ1n) is 5.61. The zero-order valence-corrected chi connectivity index (χ0v) is 12.0. The Bertz CT molecular complexity index is 452. The van der Waals surface area contributed by atoms with E-state index >= 15 is 0 Å². The van der Waals surface area contributed by atoms with Crippen molar-refractivity contribution >= 4 is 14.1 Å². The van der Waals surface area contributed by atoms with Gasteiger partial charge in [0, 0.05) is 5.56 Å². The van der Waals surface area contributed by atoms with Crippen LogP contribution in [0, 0.1) is 0 Å². The summed E-state index contributed by atoms with van der Waals surface area (Å²) >= 11 is 0. The van der Waals surface area contributed by atoms with Crippen LogP contribution in [0.2, 0.25) is 0 Å². The zero-order chi connectivity index (χ0) is 11.4. The molecule has 0 spiro atoms. The van der Waals surface area contributed by atoms with Crippen molar-refractivity contribution in [3.8, 4) is 0 Å². The Morgan fingerprint density at radius 2 is 1.05 bits per heavy atom. The van der Waals surface area contributed by atoms with Crippen molar-refractivity contribution in [2.75, 3.05) is 14.1 Å². The van der Waals surface area contributed by atoms with Gasteiger partial charge < -0.3 is 18.8 Å². The number of hydrogen-bond donors (Lipinski definition) is 0. The number of rotatable bonds is 3. The fourth-order valence-corrected chi connectivity index (χ4v) is 1.96. The molecule has 0 amide bonds. The SMILES string of the molecule is C[N+](C)(Cc1ccccc1)c1ccccc1.[B+3].[F-].[F-].[F-].[F-]. The molecule has 0 saturated carbocycles. The van der Waals surface area contributed by atoms with Gasteiger partial charge in [-0.2, -0.15) is 0 Å². The molecular formula is C15H18BF4N. The van der Waals surface area contributed by atoms with Gasteiger partial charge in [-0.25, -0.2) is 0 Å². The normalized spacial score (nSPS) is 8.67. The Balaban J connectivity index is -0.000000289. The van der Waals surface area contributed by atoms with E-state index in [1.807, 2.05) is 0 Å². The van der Waals surface area contributed by atoms with Crippen molar-refractivity contribution in [3.05, 3.63) is 66.2 Å². The van der Waals surface area contributed by atoms with E-state index in [4.69, 9.17) is 0 Å². The third kappa shape index (κ3) is 7.51. The molecule has 0 atom stereocenters. The molecule has 2 rings (SSSR count). The molecule has 0 fully saturated rings. The molecule has 0 aromatic heterocycles. The third-order valence-electron chi connectivity index (χ3n) is 2.88. The Morgan fingerprint density at radius 1 is 0.667 bits per heavy atom. The first-order chi connectivity index (χ1) is 7.68. The van der Waals surface area contributed by atoms with Crippen molar-refractivity contribution in [2.24, 2.45) is 0 Å². The minimum atomic E-state index is 0. The maximum atomic E-state index is 2.24. The Labute approximate surface area is 125 Å². The number of halogens is 4.